The van der Waals surface area contributed by atoms with Gasteiger partial charge in [-0.2, -0.15) is 0 Å². The molecule has 3 aromatic rings. The van der Waals surface area contributed by atoms with Crippen LogP contribution in [0.25, 0.3) is 0 Å². The Balaban J connectivity index is 1.93. The fourth-order valence-electron chi connectivity index (χ4n) is 3.51. The minimum absolute atomic E-state index is 0.0159. The van der Waals surface area contributed by atoms with Gasteiger partial charge in [-0.05, 0) is 35.9 Å². The summed E-state index contributed by atoms with van der Waals surface area (Å²) in [5.41, 5.74) is 1.67. The van der Waals surface area contributed by atoms with Crippen LogP contribution in [0.5, 0.6) is 0 Å². The van der Waals surface area contributed by atoms with Gasteiger partial charge in [-0.1, -0.05) is 59.6 Å². The third kappa shape index (κ3) is 3.71. The SMILES string of the molecule is O=C1CN(C(=O)c2c(F)cccc2Cl)[C@H](c2ccccc2)c2cc(Cl)ccc2N1. The van der Waals surface area contributed by atoms with E-state index in [4.69, 9.17) is 23.2 Å². The highest BCUT2D eigenvalue weighted by atomic mass is 35.5. The van der Waals surface area contributed by atoms with Crippen LogP contribution in [0.2, 0.25) is 10.0 Å². The van der Waals surface area contributed by atoms with Crippen LogP contribution in [-0.2, 0) is 4.79 Å². The average Bonchev–Trinajstić information content (AvgIpc) is 2.84. The molecule has 1 aliphatic rings. The molecular formula is C22H15Cl2FN2O2. The van der Waals surface area contributed by atoms with Crippen molar-refractivity contribution in [1.29, 1.82) is 0 Å². The molecule has 0 saturated carbocycles. The zero-order chi connectivity index (χ0) is 20.5. The van der Waals surface area contributed by atoms with Gasteiger partial charge in [0, 0.05) is 16.3 Å². The van der Waals surface area contributed by atoms with E-state index < -0.39 is 23.7 Å². The van der Waals surface area contributed by atoms with E-state index in [-0.39, 0.29) is 17.1 Å². The number of anilines is 1. The Kier molecular flexibility index (Phi) is 5.26. The second kappa shape index (κ2) is 7.85. The number of amides is 2. The van der Waals surface area contributed by atoms with Crippen molar-refractivity contribution < 1.29 is 14.0 Å². The van der Waals surface area contributed by atoms with E-state index in [1.807, 2.05) is 30.3 Å². The number of benzene rings is 3. The molecule has 0 radical (unpaired) electrons. The van der Waals surface area contributed by atoms with Gasteiger partial charge in [0.1, 0.15) is 12.4 Å². The molecule has 0 bridgehead atoms. The van der Waals surface area contributed by atoms with Crippen LogP contribution in [0.4, 0.5) is 10.1 Å². The number of carbonyl (C=O) groups is 2. The van der Waals surface area contributed by atoms with Crippen LogP contribution in [0, 0.1) is 5.82 Å². The van der Waals surface area contributed by atoms with E-state index in [0.717, 1.165) is 5.56 Å². The van der Waals surface area contributed by atoms with Crippen LogP contribution in [0.1, 0.15) is 27.5 Å². The zero-order valence-electron chi connectivity index (χ0n) is 15.0. The lowest BCUT2D eigenvalue weighted by atomic mass is 9.95. The molecule has 29 heavy (non-hydrogen) atoms. The number of halogens is 3. The summed E-state index contributed by atoms with van der Waals surface area (Å²) in [6.45, 7) is -0.268. The van der Waals surface area contributed by atoms with Gasteiger partial charge >= 0.3 is 0 Å². The lowest BCUT2D eigenvalue weighted by Crippen LogP contribution is -2.39. The van der Waals surface area contributed by atoms with Gasteiger partial charge in [-0.15, -0.1) is 0 Å². The molecule has 1 N–H and O–H groups in total. The number of rotatable bonds is 2. The van der Waals surface area contributed by atoms with Gasteiger partial charge in [0.05, 0.1) is 16.6 Å². The maximum atomic E-state index is 14.5. The Morgan fingerprint density at radius 1 is 1.03 bits per heavy atom. The lowest BCUT2D eigenvalue weighted by molar-refractivity contribution is -0.117. The van der Waals surface area contributed by atoms with Crippen molar-refractivity contribution in [3.05, 3.63) is 99.3 Å². The second-order valence-corrected chi connectivity index (χ2v) is 7.47. The quantitative estimate of drug-likeness (QED) is 0.600. The highest BCUT2D eigenvalue weighted by molar-refractivity contribution is 6.34. The summed E-state index contributed by atoms with van der Waals surface area (Å²) in [7, 11) is 0. The van der Waals surface area contributed by atoms with E-state index in [1.165, 1.54) is 23.1 Å². The Labute approximate surface area is 176 Å². The van der Waals surface area contributed by atoms with Gasteiger partial charge in [0.15, 0.2) is 0 Å². The molecule has 0 unspecified atom stereocenters. The molecule has 0 aromatic heterocycles. The molecule has 0 fully saturated rings. The summed E-state index contributed by atoms with van der Waals surface area (Å²) in [5.74, 6) is -1.82. The topological polar surface area (TPSA) is 49.4 Å². The van der Waals surface area contributed by atoms with Crippen molar-refractivity contribution in [1.82, 2.24) is 4.90 Å². The fraction of sp³-hybridized carbons (Fsp3) is 0.0909. The monoisotopic (exact) mass is 428 g/mol. The zero-order valence-corrected chi connectivity index (χ0v) is 16.5. The molecule has 1 heterocycles. The number of hydrogen-bond acceptors (Lipinski definition) is 2. The molecule has 0 aliphatic carbocycles. The van der Waals surface area contributed by atoms with E-state index in [9.17, 15) is 14.0 Å². The van der Waals surface area contributed by atoms with Crippen LogP contribution >= 0.6 is 23.2 Å². The van der Waals surface area contributed by atoms with Crippen molar-refractivity contribution in [2.24, 2.45) is 0 Å². The molecule has 1 atom stereocenters. The molecule has 4 rings (SSSR count). The van der Waals surface area contributed by atoms with Gasteiger partial charge in [0.25, 0.3) is 5.91 Å². The first-order valence-electron chi connectivity index (χ1n) is 8.85. The van der Waals surface area contributed by atoms with Crippen molar-refractivity contribution >= 4 is 40.7 Å². The van der Waals surface area contributed by atoms with Crippen LogP contribution < -0.4 is 5.32 Å². The highest BCUT2D eigenvalue weighted by Gasteiger charge is 2.35. The lowest BCUT2D eigenvalue weighted by Gasteiger charge is -2.31. The van der Waals surface area contributed by atoms with E-state index in [0.29, 0.717) is 16.3 Å². The minimum Gasteiger partial charge on any atom is -0.324 e. The molecule has 7 heteroatoms. The smallest absolute Gasteiger partial charge is 0.259 e. The van der Waals surface area contributed by atoms with Gasteiger partial charge in [0.2, 0.25) is 5.91 Å². The van der Waals surface area contributed by atoms with Gasteiger partial charge in [-0.25, -0.2) is 4.39 Å². The summed E-state index contributed by atoms with van der Waals surface area (Å²) in [6, 6.07) is 17.6. The second-order valence-electron chi connectivity index (χ2n) is 6.62. The van der Waals surface area contributed by atoms with Gasteiger partial charge in [-0.3, -0.25) is 9.59 Å². The number of nitrogens with one attached hydrogen (secondary N) is 1. The Morgan fingerprint density at radius 2 is 1.79 bits per heavy atom. The van der Waals surface area contributed by atoms with Crippen molar-refractivity contribution in [2.45, 2.75) is 6.04 Å². The molecule has 1 aliphatic heterocycles. The molecular weight excluding hydrogens is 414 g/mol. The first kappa shape index (κ1) is 19.4. The molecule has 3 aromatic carbocycles. The highest BCUT2D eigenvalue weighted by Crippen LogP contribution is 2.38. The largest absolute Gasteiger partial charge is 0.324 e. The minimum atomic E-state index is -0.745. The average molecular weight is 429 g/mol. The molecule has 4 nitrogen and oxygen atoms in total. The van der Waals surface area contributed by atoms with Crippen LogP contribution in [-0.4, -0.2) is 23.3 Å². The predicted octanol–water partition coefficient (Wildman–Crippen LogP) is 5.32. The maximum absolute atomic E-state index is 14.5. The van der Waals surface area contributed by atoms with Crippen molar-refractivity contribution in [3.63, 3.8) is 0 Å². The molecule has 0 saturated heterocycles. The van der Waals surface area contributed by atoms with Crippen LogP contribution in [0.3, 0.4) is 0 Å². The first-order chi connectivity index (χ1) is 14.0. The Morgan fingerprint density at radius 3 is 2.52 bits per heavy atom. The molecule has 2 amide bonds. The third-order valence-electron chi connectivity index (χ3n) is 4.76. The van der Waals surface area contributed by atoms with Crippen molar-refractivity contribution in [3.8, 4) is 0 Å². The summed E-state index contributed by atoms with van der Waals surface area (Å²) < 4.78 is 14.5. The Bertz CT molecular complexity index is 1080. The summed E-state index contributed by atoms with van der Waals surface area (Å²) in [6.07, 6.45) is 0. The van der Waals surface area contributed by atoms with Crippen LogP contribution in [0.15, 0.2) is 66.7 Å². The maximum Gasteiger partial charge on any atom is 0.259 e. The number of carbonyl (C=O) groups excluding carboxylic acids is 2. The number of nitrogens with zero attached hydrogens (tertiary/aromatic N) is 1. The van der Waals surface area contributed by atoms with E-state index in [2.05, 4.69) is 5.32 Å². The normalized spacial score (nSPS) is 16.0. The van der Waals surface area contributed by atoms with Gasteiger partial charge < -0.3 is 10.2 Å². The fourth-order valence-corrected chi connectivity index (χ4v) is 3.93. The summed E-state index contributed by atoms with van der Waals surface area (Å²) in [4.78, 5) is 27.3. The summed E-state index contributed by atoms with van der Waals surface area (Å²) in [5, 5.41) is 3.24. The van der Waals surface area contributed by atoms with E-state index in [1.54, 1.807) is 18.2 Å². The number of fused-ring (bicyclic) bond motifs is 1. The molecule has 0 spiro atoms. The number of hydrogen-bond donors (Lipinski definition) is 1. The third-order valence-corrected chi connectivity index (χ3v) is 5.31. The first-order valence-corrected chi connectivity index (χ1v) is 9.60. The summed E-state index contributed by atoms with van der Waals surface area (Å²) >= 11 is 12.3. The van der Waals surface area contributed by atoms with Crippen molar-refractivity contribution in [2.75, 3.05) is 11.9 Å². The Hall–Kier alpha value is -2.89. The standard InChI is InChI=1S/C22H15Cl2FN2O2/c23-14-9-10-18-15(11-14)21(13-5-2-1-3-6-13)27(12-19(28)26-18)22(29)20-16(24)7-4-8-17(20)25/h1-11,21H,12H2,(H,26,28)/t21-/m1/s1. The predicted molar refractivity (Wildman–Crippen MR) is 111 cm³/mol. The molecule has 146 valence electrons. The van der Waals surface area contributed by atoms with E-state index >= 15 is 0 Å².